The predicted octanol–water partition coefficient (Wildman–Crippen LogP) is 3.37. The maximum absolute atomic E-state index is 13.3. The molecular weight excluding hydrogens is 328 g/mol. The number of benzene rings is 2. The summed E-state index contributed by atoms with van der Waals surface area (Å²) in [7, 11) is 0. The van der Waals surface area contributed by atoms with E-state index in [2.05, 4.69) is 5.32 Å². The summed E-state index contributed by atoms with van der Waals surface area (Å²) in [5.74, 6) is 0.543. The molecule has 0 saturated carbocycles. The molecule has 5 nitrogen and oxygen atoms in total. The van der Waals surface area contributed by atoms with E-state index in [9.17, 15) is 9.59 Å². The molecule has 1 aliphatic carbocycles. The van der Waals surface area contributed by atoms with Gasteiger partial charge in [0, 0.05) is 5.56 Å². The van der Waals surface area contributed by atoms with Crippen LogP contribution in [0.4, 0.5) is 4.79 Å². The number of aryl methyl sites for hydroxylation is 1. The second-order valence-corrected chi connectivity index (χ2v) is 6.78. The Hall–Kier alpha value is -2.82. The van der Waals surface area contributed by atoms with Crippen molar-refractivity contribution in [2.75, 3.05) is 6.61 Å². The summed E-state index contributed by atoms with van der Waals surface area (Å²) in [6.07, 6.45) is 2.46. The van der Waals surface area contributed by atoms with Crippen LogP contribution in [0.15, 0.2) is 48.5 Å². The fourth-order valence-corrected chi connectivity index (χ4v) is 4.06. The molecule has 4 rings (SSSR count). The van der Waals surface area contributed by atoms with Crippen molar-refractivity contribution in [2.45, 2.75) is 38.3 Å². The van der Waals surface area contributed by atoms with Gasteiger partial charge >= 0.3 is 6.03 Å². The van der Waals surface area contributed by atoms with Crippen LogP contribution in [-0.4, -0.2) is 23.4 Å². The van der Waals surface area contributed by atoms with E-state index in [4.69, 9.17) is 4.74 Å². The van der Waals surface area contributed by atoms with Gasteiger partial charge in [-0.2, -0.15) is 0 Å². The number of hydrogen-bond acceptors (Lipinski definition) is 3. The van der Waals surface area contributed by atoms with Crippen LogP contribution in [0.3, 0.4) is 0 Å². The molecule has 0 aromatic heterocycles. The van der Waals surface area contributed by atoms with E-state index in [1.807, 2.05) is 55.5 Å². The maximum atomic E-state index is 13.3. The van der Waals surface area contributed by atoms with Crippen LogP contribution in [0.5, 0.6) is 5.75 Å². The first-order valence-electron chi connectivity index (χ1n) is 9.09. The largest absolute Gasteiger partial charge is 0.494 e. The zero-order valence-corrected chi connectivity index (χ0v) is 14.8. The van der Waals surface area contributed by atoms with Gasteiger partial charge in [0.05, 0.1) is 13.2 Å². The summed E-state index contributed by atoms with van der Waals surface area (Å²) < 4.78 is 5.64. The van der Waals surface area contributed by atoms with Gasteiger partial charge in [0.1, 0.15) is 11.3 Å². The highest BCUT2D eigenvalue weighted by Gasteiger charge is 2.53. The number of hydrogen-bond donors (Lipinski definition) is 1. The molecule has 26 heavy (non-hydrogen) atoms. The lowest BCUT2D eigenvalue weighted by molar-refractivity contribution is -0.132. The standard InChI is InChI=1S/C21H22N2O3/c1-2-26-18-12-6-4-9-16(18)14-23-19(24)21(22-20(23)25)13-7-10-15-8-3-5-11-17(15)21/h3-6,8-9,11-12H,2,7,10,13-14H2,1H3,(H,22,25)/t21-/m0/s1. The molecule has 0 unspecified atom stereocenters. The van der Waals surface area contributed by atoms with E-state index >= 15 is 0 Å². The topological polar surface area (TPSA) is 58.6 Å². The smallest absolute Gasteiger partial charge is 0.325 e. The molecule has 2 aliphatic rings. The molecule has 1 spiro atoms. The lowest BCUT2D eigenvalue weighted by Gasteiger charge is -2.33. The van der Waals surface area contributed by atoms with Gasteiger partial charge in [-0.25, -0.2) is 4.79 Å². The summed E-state index contributed by atoms with van der Waals surface area (Å²) in [4.78, 5) is 27.3. The molecule has 1 fully saturated rings. The number of ether oxygens (including phenoxy) is 1. The van der Waals surface area contributed by atoms with E-state index in [0.717, 1.165) is 29.5 Å². The second kappa shape index (κ2) is 6.48. The Bertz CT molecular complexity index is 864. The fraction of sp³-hybridized carbons (Fsp3) is 0.333. The average molecular weight is 350 g/mol. The molecule has 1 atom stereocenters. The first kappa shape index (κ1) is 16.6. The molecule has 0 radical (unpaired) electrons. The van der Waals surface area contributed by atoms with E-state index in [0.29, 0.717) is 18.8 Å². The summed E-state index contributed by atoms with van der Waals surface area (Å²) in [6.45, 7) is 2.66. The molecule has 1 heterocycles. The molecule has 1 saturated heterocycles. The Balaban J connectivity index is 1.68. The molecule has 2 aromatic carbocycles. The number of imide groups is 1. The monoisotopic (exact) mass is 350 g/mol. The first-order chi connectivity index (χ1) is 12.7. The predicted molar refractivity (Wildman–Crippen MR) is 97.8 cm³/mol. The van der Waals surface area contributed by atoms with Gasteiger partial charge in [0.25, 0.3) is 5.91 Å². The van der Waals surface area contributed by atoms with E-state index in [1.54, 1.807) is 0 Å². The second-order valence-electron chi connectivity index (χ2n) is 6.78. The number of nitrogens with zero attached hydrogens (tertiary/aromatic N) is 1. The highest BCUT2D eigenvalue weighted by molar-refractivity contribution is 6.07. The van der Waals surface area contributed by atoms with Gasteiger partial charge in [0.2, 0.25) is 0 Å². The van der Waals surface area contributed by atoms with Crippen LogP contribution >= 0.6 is 0 Å². The van der Waals surface area contributed by atoms with Crippen LogP contribution in [0.1, 0.15) is 36.5 Å². The molecule has 0 bridgehead atoms. The van der Waals surface area contributed by atoms with Crippen molar-refractivity contribution < 1.29 is 14.3 Å². The number of rotatable bonds is 4. The van der Waals surface area contributed by atoms with Crippen LogP contribution < -0.4 is 10.1 Å². The van der Waals surface area contributed by atoms with E-state index in [1.165, 1.54) is 4.90 Å². The number of nitrogens with one attached hydrogen (secondary N) is 1. The molecular formula is C21H22N2O3. The number of urea groups is 1. The summed E-state index contributed by atoms with van der Waals surface area (Å²) in [5.41, 5.74) is 1.99. The van der Waals surface area contributed by atoms with Crippen LogP contribution in [0, 0.1) is 0 Å². The number of carbonyl (C=O) groups excluding carboxylic acids is 2. The summed E-state index contributed by atoms with van der Waals surface area (Å²) in [6, 6.07) is 15.1. The van der Waals surface area contributed by atoms with Crippen molar-refractivity contribution in [1.29, 1.82) is 0 Å². The van der Waals surface area contributed by atoms with Crippen LogP contribution in [0.2, 0.25) is 0 Å². The molecule has 1 aliphatic heterocycles. The Morgan fingerprint density at radius 2 is 1.88 bits per heavy atom. The third kappa shape index (κ3) is 2.55. The quantitative estimate of drug-likeness (QED) is 0.860. The van der Waals surface area contributed by atoms with Gasteiger partial charge in [-0.05, 0) is 43.4 Å². The molecule has 134 valence electrons. The van der Waals surface area contributed by atoms with Gasteiger partial charge in [-0.15, -0.1) is 0 Å². The number of carbonyl (C=O) groups is 2. The Morgan fingerprint density at radius 1 is 1.12 bits per heavy atom. The highest BCUT2D eigenvalue weighted by atomic mass is 16.5. The number of para-hydroxylation sites is 1. The summed E-state index contributed by atoms with van der Waals surface area (Å²) in [5, 5.41) is 2.99. The fourth-order valence-electron chi connectivity index (χ4n) is 4.06. The van der Waals surface area contributed by atoms with E-state index in [-0.39, 0.29) is 18.5 Å². The Morgan fingerprint density at radius 3 is 2.73 bits per heavy atom. The van der Waals surface area contributed by atoms with Crippen molar-refractivity contribution >= 4 is 11.9 Å². The van der Waals surface area contributed by atoms with E-state index < -0.39 is 5.54 Å². The van der Waals surface area contributed by atoms with Gasteiger partial charge in [-0.1, -0.05) is 42.5 Å². The van der Waals surface area contributed by atoms with Crippen molar-refractivity contribution in [3.05, 3.63) is 65.2 Å². The number of amides is 3. The van der Waals surface area contributed by atoms with Crippen molar-refractivity contribution in [2.24, 2.45) is 0 Å². The molecule has 3 amide bonds. The minimum atomic E-state index is -0.924. The lowest BCUT2D eigenvalue weighted by atomic mass is 9.76. The van der Waals surface area contributed by atoms with Gasteiger partial charge in [-0.3, -0.25) is 9.69 Å². The van der Waals surface area contributed by atoms with Gasteiger partial charge < -0.3 is 10.1 Å². The highest BCUT2D eigenvalue weighted by Crippen LogP contribution is 2.40. The zero-order chi connectivity index (χ0) is 18.1. The molecule has 5 heteroatoms. The third-order valence-corrected chi connectivity index (χ3v) is 5.25. The van der Waals surface area contributed by atoms with Gasteiger partial charge in [0.15, 0.2) is 0 Å². The normalized spacial score (nSPS) is 21.7. The summed E-state index contributed by atoms with van der Waals surface area (Å²) >= 11 is 0. The molecule has 2 aromatic rings. The lowest BCUT2D eigenvalue weighted by Crippen LogP contribution is -2.46. The SMILES string of the molecule is CCOc1ccccc1CN1C(=O)N[C@]2(CCCc3ccccc32)C1=O. The van der Waals surface area contributed by atoms with Crippen LogP contribution in [0.25, 0.3) is 0 Å². The zero-order valence-electron chi connectivity index (χ0n) is 14.8. The third-order valence-electron chi connectivity index (χ3n) is 5.25. The Labute approximate surface area is 153 Å². The van der Waals surface area contributed by atoms with Crippen LogP contribution in [-0.2, 0) is 23.3 Å². The first-order valence-corrected chi connectivity index (χ1v) is 9.09. The molecule has 1 N–H and O–H groups in total. The Kier molecular flexibility index (Phi) is 4.15. The van der Waals surface area contributed by atoms with Crippen molar-refractivity contribution in [1.82, 2.24) is 10.2 Å². The maximum Gasteiger partial charge on any atom is 0.325 e. The average Bonchev–Trinajstić information content (AvgIpc) is 2.89. The number of fused-ring (bicyclic) bond motifs is 2. The van der Waals surface area contributed by atoms with Crippen molar-refractivity contribution in [3.63, 3.8) is 0 Å². The minimum Gasteiger partial charge on any atom is -0.494 e. The van der Waals surface area contributed by atoms with Crippen molar-refractivity contribution in [3.8, 4) is 5.75 Å². The minimum absolute atomic E-state index is 0.166.